The predicted molar refractivity (Wildman–Crippen MR) is 131 cm³/mol. The summed E-state index contributed by atoms with van der Waals surface area (Å²) < 4.78 is 26.1. The van der Waals surface area contributed by atoms with Crippen molar-refractivity contribution in [1.82, 2.24) is 20.1 Å². The molecule has 9 nitrogen and oxygen atoms in total. The van der Waals surface area contributed by atoms with Gasteiger partial charge in [-0.1, -0.05) is 34.6 Å². The molecule has 1 saturated carbocycles. The number of anilines is 1. The topological polar surface area (TPSA) is 123 Å². The summed E-state index contributed by atoms with van der Waals surface area (Å²) in [5.74, 6) is 0.625. The zero-order valence-electron chi connectivity index (χ0n) is 20.7. The van der Waals surface area contributed by atoms with Crippen LogP contribution in [0.25, 0.3) is 0 Å². The molecule has 2 heterocycles. The smallest absolute Gasteiger partial charge is 0.288 e. The Morgan fingerprint density at radius 1 is 1.21 bits per heavy atom. The van der Waals surface area contributed by atoms with Crippen molar-refractivity contribution in [2.75, 3.05) is 11.6 Å². The van der Waals surface area contributed by atoms with Gasteiger partial charge in [0.1, 0.15) is 6.54 Å². The molecule has 10 heteroatoms. The van der Waals surface area contributed by atoms with Gasteiger partial charge in [-0.15, -0.1) is 0 Å². The number of carbonyl (C=O) groups excluding carboxylic acids is 1. The maximum atomic E-state index is 13.1. The lowest BCUT2D eigenvalue weighted by Crippen LogP contribution is -2.48. The number of amides is 1. The summed E-state index contributed by atoms with van der Waals surface area (Å²) in [7, 11) is -3.87. The van der Waals surface area contributed by atoms with Gasteiger partial charge in [-0.2, -0.15) is 5.10 Å². The molecule has 2 N–H and O–H groups in total. The third-order valence-corrected chi connectivity index (χ3v) is 8.85. The van der Waals surface area contributed by atoms with Crippen LogP contribution in [0.5, 0.6) is 0 Å². The zero-order chi connectivity index (χ0) is 25.3. The summed E-state index contributed by atoms with van der Waals surface area (Å²) in [5, 5.41) is 10.1. The maximum absolute atomic E-state index is 13.1. The van der Waals surface area contributed by atoms with Gasteiger partial charge in [-0.05, 0) is 47.3 Å². The van der Waals surface area contributed by atoms with Crippen molar-refractivity contribution in [3.8, 4) is 0 Å². The monoisotopic (exact) mass is 489 g/mol. The molecule has 2 aromatic rings. The fourth-order valence-electron chi connectivity index (χ4n) is 4.70. The van der Waals surface area contributed by atoms with Crippen LogP contribution < -0.4 is 16.2 Å². The lowest BCUT2D eigenvalue weighted by Gasteiger charge is -2.50. The first-order valence-corrected chi connectivity index (χ1v) is 13.4. The average molecular weight is 490 g/mol. The third-order valence-electron chi connectivity index (χ3n) is 7.72. The molecule has 0 aliphatic heterocycles. The number of sulfone groups is 1. The van der Waals surface area contributed by atoms with Crippen LogP contribution in [0.2, 0.25) is 0 Å². The molecule has 0 radical (unpaired) electrons. The molecule has 1 amide bonds. The van der Waals surface area contributed by atoms with Gasteiger partial charge in [-0.25, -0.2) is 13.1 Å². The van der Waals surface area contributed by atoms with Crippen molar-refractivity contribution in [2.45, 2.75) is 65.1 Å². The third kappa shape index (κ3) is 5.48. The van der Waals surface area contributed by atoms with E-state index in [1.165, 1.54) is 6.20 Å². The molecular weight excluding hydrogens is 454 g/mol. The van der Waals surface area contributed by atoms with E-state index < -0.39 is 21.3 Å². The van der Waals surface area contributed by atoms with E-state index in [1.54, 1.807) is 24.5 Å². The zero-order valence-corrected chi connectivity index (χ0v) is 21.5. The van der Waals surface area contributed by atoms with Crippen LogP contribution in [0.4, 0.5) is 5.69 Å². The van der Waals surface area contributed by atoms with Crippen molar-refractivity contribution in [2.24, 2.45) is 23.2 Å². The van der Waals surface area contributed by atoms with E-state index >= 15 is 0 Å². The van der Waals surface area contributed by atoms with E-state index in [0.717, 1.165) is 22.9 Å². The first kappa shape index (κ1) is 25.9. The molecule has 4 atom stereocenters. The minimum absolute atomic E-state index is 0.000708. The Labute approximate surface area is 201 Å². The predicted octanol–water partition coefficient (Wildman–Crippen LogP) is 2.48. The second-order valence-corrected chi connectivity index (χ2v) is 12.1. The molecule has 34 heavy (non-hydrogen) atoms. The van der Waals surface area contributed by atoms with Gasteiger partial charge in [-0.3, -0.25) is 14.6 Å². The number of pyridine rings is 1. The summed E-state index contributed by atoms with van der Waals surface area (Å²) in [6.45, 7) is 11.0. The highest BCUT2D eigenvalue weighted by atomic mass is 32.2. The fraction of sp³-hybridized carbons (Fsp3) is 0.583. The minimum Gasteiger partial charge on any atom is -0.379 e. The Morgan fingerprint density at radius 3 is 2.47 bits per heavy atom. The van der Waals surface area contributed by atoms with Crippen LogP contribution in [0.1, 0.15) is 46.6 Å². The normalized spacial score (nSPS) is 24.4. The SMILES string of the molecule is C[C@@H]1[C@@H](C)C(C)(C)[C@@H](C)C[C@H]1Nc1cnn(CC(=O)NCc2ccncc2)c(=O)c1S(C)(=O)=O. The van der Waals surface area contributed by atoms with Crippen LogP contribution in [-0.4, -0.2) is 41.4 Å². The number of hydrogen-bond donors (Lipinski definition) is 2. The lowest BCUT2D eigenvalue weighted by atomic mass is 9.58. The van der Waals surface area contributed by atoms with Gasteiger partial charge in [0.05, 0.1) is 11.9 Å². The van der Waals surface area contributed by atoms with Crippen molar-refractivity contribution in [3.05, 3.63) is 46.6 Å². The second-order valence-electron chi connectivity index (χ2n) is 10.1. The van der Waals surface area contributed by atoms with Crippen molar-refractivity contribution >= 4 is 21.4 Å². The number of aromatic nitrogens is 3. The Morgan fingerprint density at radius 2 is 1.85 bits per heavy atom. The molecule has 1 aliphatic carbocycles. The second kappa shape index (κ2) is 9.85. The van der Waals surface area contributed by atoms with Crippen molar-refractivity contribution in [1.29, 1.82) is 0 Å². The molecule has 1 fully saturated rings. The fourth-order valence-corrected chi connectivity index (χ4v) is 5.64. The van der Waals surface area contributed by atoms with Gasteiger partial charge in [0.2, 0.25) is 5.91 Å². The number of rotatable bonds is 7. The Balaban J connectivity index is 1.83. The Kier molecular flexibility index (Phi) is 7.50. The van der Waals surface area contributed by atoms with Crippen LogP contribution in [0.3, 0.4) is 0 Å². The first-order valence-electron chi connectivity index (χ1n) is 11.5. The van der Waals surface area contributed by atoms with Gasteiger partial charge in [0.15, 0.2) is 14.7 Å². The highest BCUT2D eigenvalue weighted by Gasteiger charge is 2.44. The number of carbonyl (C=O) groups is 1. The Hall–Kier alpha value is -2.75. The summed E-state index contributed by atoms with van der Waals surface area (Å²) >= 11 is 0. The highest BCUT2D eigenvalue weighted by molar-refractivity contribution is 7.90. The van der Waals surface area contributed by atoms with E-state index in [2.05, 4.69) is 55.3 Å². The van der Waals surface area contributed by atoms with E-state index in [1.807, 2.05) is 0 Å². The average Bonchev–Trinajstić information content (AvgIpc) is 2.76. The van der Waals surface area contributed by atoms with Gasteiger partial charge < -0.3 is 10.6 Å². The van der Waals surface area contributed by atoms with Crippen LogP contribution in [0, 0.1) is 23.2 Å². The summed E-state index contributed by atoms with van der Waals surface area (Å²) in [6.07, 6.45) is 6.43. The lowest BCUT2D eigenvalue weighted by molar-refractivity contribution is -0.122. The van der Waals surface area contributed by atoms with E-state index in [-0.39, 0.29) is 41.0 Å². The molecule has 0 saturated heterocycles. The molecule has 1 aliphatic rings. The quantitative estimate of drug-likeness (QED) is 0.612. The van der Waals surface area contributed by atoms with E-state index in [0.29, 0.717) is 11.8 Å². The van der Waals surface area contributed by atoms with Crippen LogP contribution in [-0.2, 0) is 27.7 Å². The van der Waals surface area contributed by atoms with E-state index in [4.69, 9.17) is 0 Å². The van der Waals surface area contributed by atoms with Gasteiger partial charge in [0.25, 0.3) is 5.56 Å². The summed E-state index contributed by atoms with van der Waals surface area (Å²) in [4.78, 5) is 29.0. The van der Waals surface area contributed by atoms with Crippen molar-refractivity contribution < 1.29 is 13.2 Å². The van der Waals surface area contributed by atoms with Crippen LogP contribution in [0.15, 0.2) is 40.4 Å². The largest absolute Gasteiger partial charge is 0.379 e. The maximum Gasteiger partial charge on any atom is 0.288 e. The first-order chi connectivity index (χ1) is 15.8. The number of hydrogen-bond acceptors (Lipinski definition) is 7. The molecule has 2 aromatic heterocycles. The molecular formula is C24H35N5O4S. The van der Waals surface area contributed by atoms with Crippen LogP contribution >= 0.6 is 0 Å². The minimum atomic E-state index is -3.87. The molecule has 186 valence electrons. The molecule has 0 bridgehead atoms. The molecule has 0 unspecified atom stereocenters. The molecule has 0 aromatic carbocycles. The van der Waals surface area contributed by atoms with Gasteiger partial charge in [0, 0.05) is 31.2 Å². The van der Waals surface area contributed by atoms with Crippen molar-refractivity contribution in [3.63, 3.8) is 0 Å². The van der Waals surface area contributed by atoms with E-state index in [9.17, 15) is 18.0 Å². The number of nitrogens with zero attached hydrogens (tertiary/aromatic N) is 3. The summed E-state index contributed by atoms with van der Waals surface area (Å²) in [5.41, 5.74) is 0.393. The summed E-state index contributed by atoms with van der Waals surface area (Å²) in [6, 6.07) is 3.53. The highest BCUT2D eigenvalue weighted by Crippen LogP contribution is 2.48. The molecule has 0 spiro atoms. The number of nitrogens with one attached hydrogen (secondary N) is 2. The van der Waals surface area contributed by atoms with Gasteiger partial charge >= 0.3 is 0 Å². The standard InChI is InChI=1S/C24H35N5O4S/c1-15-11-19(16(2)17(3)24(15,4)5)28-20-13-27-29(23(31)22(20)34(6,32)33)14-21(30)26-12-18-7-9-25-10-8-18/h7-10,13,15-17,19,28H,11-12,14H2,1-6H3,(H,26,30)/t15-,16+,17+,19+/m0/s1. The molecule has 3 rings (SSSR count). The Bertz CT molecular complexity index is 1190.